The minimum atomic E-state index is -0.934. The fraction of sp³-hybridized carbons (Fsp3) is 0.818. The summed E-state index contributed by atoms with van der Waals surface area (Å²) in [6.45, 7) is 20.3. The number of rotatable bonds is 3. The average Bonchev–Trinajstić information content (AvgIpc) is 3.18. The Balaban J connectivity index is 1.57. The Morgan fingerprint density at radius 1 is 0.892 bits per heavy atom. The van der Waals surface area contributed by atoms with E-state index in [2.05, 4.69) is 47.3 Å². The summed E-state index contributed by atoms with van der Waals surface area (Å²) >= 11 is 0. The van der Waals surface area contributed by atoms with Crippen LogP contribution in [0.25, 0.3) is 0 Å². The molecule has 0 aromatic rings. The summed E-state index contributed by atoms with van der Waals surface area (Å²) in [5.41, 5.74) is 2.35. The van der Waals surface area contributed by atoms with E-state index in [1.807, 2.05) is 6.92 Å². The van der Waals surface area contributed by atoms with Crippen molar-refractivity contribution in [3.8, 4) is 0 Å². The lowest BCUT2D eigenvalue weighted by Gasteiger charge is -2.71. The van der Waals surface area contributed by atoms with Gasteiger partial charge in [0.05, 0.1) is 7.11 Å². The van der Waals surface area contributed by atoms with Gasteiger partial charge < -0.3 is 9.47 Å². The molecule has 4 fully saturated rings. The van der Waals surface area contributed by atoms with Crippen LogP contribution in [-0.4, -0.2) is 25.2 Å². The molecule has 0 aromatic carbocycles. The van der Waals surface area contributed by atoms with E-state index in [1.54, 1.807) is 0 Å². The molecule has 37 heavy (non-hydrogen) atoms. The molecule has 0 N–H and O–H groups in total. The maximum atomic E-state index is 13.4. The van der Waals surface area contributed by atoms with Gasteiger partial charge in [-0.15, -0.1) is 0 Å². The summed E-state index contributed by atoms with van der Waals surface area (Å²) in [7, 11) is 1.46. The van der Waals surface area contributed by atoms with Crippen molar-refractivity contribution in [2.24, 2.45) is 50.7 Å². The van der Waals surface area contributed by atoms with Crippen molar-refractivity contribution in [1.29, 1.82) is 0 Å². The molecule has 0 aromatic heterocycles. The first-order valence-corrected chi connectivity index (χ1v) is 14.8. The van der Waals surface area contributed by atoms with Crippen LogP contribution in [0.3, 0.4) is 0 Å². The Morgan fingerprint density at radius 2 is 1.57 bits per heavy atom. The predicted octanol–water partition coefficient (Wildman–Crippen LogP) is 7.67. The first-order chi connectivity index (χ1) is 17.2. The quantitative estimate of drug-likeness (QED) is 0.289. The second kappa shape index (κ2) is 8.46. The van der Waals surface area contributed by atoms with Gasteiger partial charge in [-0.3, -0.25) is 9.59 Å². The van der Waals surface area contributed by atoms with Crippen LogP contribution in [-0.2, 0) is 19.1 Å². The Kier molecular flexibility index (Phi) is 6.17. The van der Waals surface area contributed by atoms with Gasteiger partial charge in [-0.25, -0.2) is 0 Å². The Labute approximate surface area is 225 Å². The summed E-state index contributed by atoms with van der Waals surface area (Å²) < 4.78 is 11.2. The van der Waals surface area contributed by atoms with Gasteiger partial charge >= 0.3 is 11.9 Å². The molecule has 0 bridgehead atoms. The summed E-state index contributed by atoms with van der Waals surface area (Å²) in [5.74, 6) is 2.09. The molecular formula is C33H50O4. The SMILES string of the molecule is C=C(C)[C@@H]1CC[C@]2(C)C3CC[C@@H]4[C@@]5(C)CC[C@@H](OC(C)=O)[C@](C)(C(=O)OC)C5=CC[C@@]4(C)[C@]3(C)CC[C@@H]12. The second-order valence-electron chi connectivity index (χ2n) is 14.7. The molecular weight excluding hydrogens is 460 g/mol. The van der Waals surface area contributed by atoms with Gasteiger partial charge in [-0.2, -0.15) is 0 Å². The summed E-state index contributed by atoms with van der Waals surface area (Å²) in [6, 6.07) is 0. The van der Waals surface area contributed by atoms with Gasteiger partial charge in [0.15, 0.2) is 0 Å². The van der Waals surface area contributed by atoms with E-state index in [9.17, 15) is 9.59 Å². The van der Waals surface area contributed by atoms with E-state index in [-0.39, 0.29) is 28.2 Å². The third-order valence-corrected chi connectivity index (χ3v) is 13.5. The van der Waals surface area contributed by atoms with Gasteiger partial charge in [0.1, 0.15) is 11.5 Å². The molecule has 206 valence electrons. The molecule has 4 saturated carbocycles. The summed E-state index contributed by atoms with van der Waals surface area (Å²) in [5, 5.41) is 0. The highest BCUT2D eigenvalue weighted by molar-refractivity contribution is 5.82. The molecule has 0 amide bonds. The highest BCUT2D eigenvalue weighted by Crippen LogP contribution is 2.77. The first kappa shape index (κ1) is 27.0. The van der Waals surface area contributed by atoms with Crippen molar-refractivity contribution in [2.45, 2.75) is 112 Å². The van der Waals surface area contributed by atoms with Crippen LogP contribution >= 0.6 is 0 Å². The molecule has 5 aliphatic carbocycles. The third kappa shape index (κ3) is 3.32. The zero-order valence-corrected chi connectivity index (χ0v) is 24.7. The Morgan fingerprint density at radius 3 is 2.19 bits per heavy atom. The van der Waals surface area contributed by atoms with Crippen LogP contribution in [0.2, 0.25) is 0 Å². The Hall–Kier alpha value is -1.58. The molecule has 4 nitrogen and oxygen atoms in total. The van der Waals surface area contributed by atoms with E-state index in [1.165, 1.54) is 58.1 Å². The molecule has 0 radical (unpaired) electrons. The zero-order valence-electron chi connectivity index (χ0n) is 24.7. The molecule has 5 aliphatic rings. The van der Waals surface area contributed by atoms with Crippen LogP contribution < -0.4 is 0 Å². The van der Waals surface area contributed by atoms with Crippen molar-refractivity contribution < 1.29 is 19.1 Å². The van der Waals surface area contributed by atoms with Crippen LogP contribution in [0.5, 0.6) is 0 Å². The zero-order chi connectivity index (χ0) is 27.2. The number of methoxy groups -OCH3 is 1. The molecule has 4 heteroatoms. The normalized spacial score (nSPS) is 50.5. The lowest BCUT2D eigenvalue weighted by atomic mass is 9.33. The second-order valence-corrected chi connectivity index (χ2v) is 14.7. The minimum absolute atomic E-state index is 0.103. The number of allylic oxidation sites excluding steroid dienone is 2. The average molecular weight is 511 g/mol. The smallest absolute Gasteiger partial charge is 0.319 e. The maximum absolute atomic E-state index is 13.4. The Bertz CT molecular complexity index is 1040. The van der Waals surface area contributed by atoms with Gasteiger partial charge in [-0.1, -0.05) is 45.9 Å². The summed E-state index contributed by atoms with van der Waals surface area (Å²) in [6.07, 6.45) is 12.3. The highest BCUT2D eigenvalue weighted by atomic mass is 16.6. The van der Waals surface area contributed by atoms with E-state index < -0.39 is 11.5 Å². The molecule has 0 saturated heterocycles. The van der Waals surface area contributed by atoms with Gasteiger partial charge in [-0.05, 0) is 123 Å². The lowest BCUT2D eigenvalue weighted by Crippen LogP contribution is -2.65. The maximum Gasteiger partial charge on any atom is 0.319 e. The topological polar surface area (TPSA) is 52.6 Å². The molecule has 0 spiro atoms. The van der Waals surface area contributed by atoms with E-state index in [0.717, 1.165) is 30.3 Å². The van der Waals surface area contributed by atoms with E-state index in [4.69, 9.17) is 9.47 Å². The van der Waals surface area contributed by atoms with Crippen LogP contribution in [0, 0.1) is 50.7 Å². The van der Waals surface area contributed by atoms with Crippen LogP contribution in [0.4, 0.5) is 0 Å². The number of fused-ring (bicyclic) bond motifs is 7. The van der Waals surface area contributed by atoms with Crippen molar-refractivity contribution in [3.05, 3.63) is 23.8 Å². The predicted molar refractivity (Wildman–Crippen MR) is 147 cm³/mol. The van der Waals surface area contributed by atoms with Gasteiger partial charge in [0, 0.05) is 6.92 Å². The van der Waals surface area contributed by atoms with Gasteiger partial charge in [0.2, 0.25) is 0 Å². The largest absolute Gasteiger partial charge is 0.468 e. The fourth-order valence-corrected chi connectivity index (χ4v) is 11.6. The summed E-state index contributed by atoms with van der Waals surface area (Å²) in [4.78, 5) is 25.4. The fourth-order valence-electron chi connectivity index (χ4n) is 11.6. The standard InChI is InChI=1S/C33H50O4/c1-20(2)22-12-16-29(4)23(22)13-18-31(6)24(29)10-11-25-30(5)17-15-27(37-21(3)34)33(8,28(35)36-9)26(30)14-19-32(25,31)7/h14,22-25,27H,1,10-13,15-19H2,2-9H3/t22-,23-,24?,25+,27+,29-,30+,31+,32+,33+/m0/s1. The number of carbonyl (C=O) groups excluding carboxylic acids is 2. The molecule has 0 aliphatic heterocycles. The number of hydrogen-bond acceptors (Lipinski definition) is 4. The lowest BCUT2D eigenvalue weighted by molar-refractivity contribution is -0.205. The molecule has 1 unspecified atom stereocenters. The number of carbonyl (C=O) groups is 2. The third-order valence-electron chi connectivity index (χ3n) is 13.5. The monoisotopic (exact) mass is 510 g/mol. The van der Waals surface area contributed by atoms with Crippen molar-refractivity contribution in [3.63, 3.8) is 0 Å². The van der Waals surface area contributed by atoms with Crippen LogP contribution in [0.15, 0.2) is 23.8 Å². The minimum Gasteiger partial charge on any atom is -0.468 e. The molecule has 10 atom stereocenters. The number of esters is 2. The van der Waals surface area contributed by atoms with Crippen molar-refractivity contribution in [1.82, 2.24) is 0 Å². The highest BCUT2D eigenvalue weighted by Gasteiger charge is 2.70. The molecule has 0 heterocycles. The van der Waals surface area contributed by atoms with Crippen LogP contribution in [0.1, 0.15) is 106 Å². The van der Waals surface area contributed by atoms with Gasteiger partial charge in [0.25, 0.3) is 0 Å². The van der Waals surface area contributed by atoms with E-state index >= 15 is 0 Å². The first-order valence-electron chi connectivity index (χ1n) is 14.8. The number of hydrogen-bond donors (Lipinski definition) is 0. The number of ether oxygens (including phenoxy) is 2. The van der Waals surface area contributed by atoms with Crippen molar-refractivity contribution >= 4 is 11.9 Å². The van der Waals surface area contributed by atoms with E-state index in [0.29, 0.717) is 23.7 Å². The molecule has 5 rings (SSSR count). The van der Waals surface area contributed by atoms with Crippen molar-refractivity contribution in [2.75, 3.05) is 7.11 Å².